The number of ether oxygens (including phenoxy) is 1. The number of fused-ring (bicyclic) bond motifs is 1. The number of aromatic nitrogens is 1. The Morgan fingerprint density at radius 3 is 3.08 bits per heavy atom. The highest BCUT2D eigenvalue weighted by molar-refractivity contribution is 5.92. The summed E-state index contributed by atoms with van der Waals surface area (Å²) in [5.74, 6) is 1.42. The standard InChI is InChI=1S/C19H23N3O3/c1-12-11-22(2)7-5-15(12)20-19(23)18-10-16(21-25-18)13-3-4-17-14(9-13)6-8-24-17/h3-4,9-10,12,15H,5-8,11H2,1-2H3,(H,20,23). The van der Waals surface area contributed by atoms with Crippen molar-refractivity contribution in [1.82, 2.24) is 15.4 Å². The highest BCUT2D eigenvalue weighted by atomic mass is 16.5. The van der Waals surface area contributed by atoms with Gasteiger partial charge in [-0.05, 0) is 49.7 Å². The van der Waals surface area contributed by atoms with E-state index in [1.807, 2.05) is 12.1 Å². The Hall–Kier alpha value is -2.34. The molecule has 0 radical (unpaired) electrons. The van der Waals surface area contributed by atoms with E-state index < -0.39 is 0 Å². The minimum absolute atomic E-state index is 0.175. The van der Waals surface area contributed by atoms with Gasteiger partial charge in [-0.15, -0.1) is 0 Å². The Kier molecular flexibility index (Phi) is 4.21. The summed E-state index contributed by atoms with van der Waals surface area (Å²) in [6, 6.07) is 7.84. The van der Waals surface area contributed by atoms with Crippen molar-refractivity contribution in [2.75, 3.05) is 26.7 Å². The van der Waals surface area contributed by atoms with Gasteiger partial charge in [-0.2, -0.15) is 0 Å². The molecule has 0 spiro atoms. The molecule has 6 heteroatoms. The third-order valence-corrected chi connectivity index (χ3v) is 5.14. The van der Waals surface area contributed by atoms with E-state index in [2.05, 4.69) is 35.4 Å². The number of carbonyl (C=O) groups is 1. The quantitative estimate of drug-likeness (QED) is 0.928. The van der Waals surface area contributed by atoms with E-state index in [-0.39, 0.29) is 17.7 Å². The zero-order valence-electron chi connectivity index (χ0n) is 14.6. The smallest absolute Gasteiger partial charge is 0.290 e. The van der Waals surface area contributed by atoms with Crippen molar-refractivity contribution in [2.24, 2.45) is 5.92 Å². The molecule has 3 heterocycles. The van der Waals surface area contributed by atoms with Crippen molar-refractivity contribution in [2.45, 2.75) is 25.8 Å². The lowest BCUT2D eigenvalue weighted by Gasteiger charge is -2.34. The monoisotopic (exact) mass is 341 g/mol. The molecule has 25 heavy (non-hydrogen) atoms. The van der Waals surface area contributed by atoms with Gasteiger partial charge in [-0.25, -0.2) is 0 Å². The first-order valence-electron chi connectivity index (χ1n) is 8.82. The van der Waals surface area contributed by atoms with Crippen LogP contribution < -0.4 is 10.1 Å². The van der Waals surface area contributed by atoms with Crippen LogP contribution in [0.2, 0.25) is 0 Å². The maximum absolute atomic E-state index is 12.5. The van der Waals surface area contributed by atoms with Gasteiger partial charge in [0.25, 0.3) is 5.91 Å². The van der Waals surface area contributed by atoms with E-state index in [1.165, 1.54) is 5.56 Å². The molecule has 132 valence electrons. The van der Waals surface area contributed by atoms with Crippen molar-refractivity contribution >= 4 is 5.91 Å². The number of rotatable bonds is 3. The van der Waals surface area contributed by atoms with Crippen LogP contribution in [0.1, 0.15) is 29.5 Å². The third-order valence-electron chi connectivity index (χ3n) is 5.14. The van der Waals surface area contributed by atoms with Crippen LogP contribution >= 0.6 is 0 Å². The molecule has 0 saturated carbocycles. The van der Waals surface area contributed by atoms with Crippen molar-refractivity contribution in [3.05, 3.63) is 35.6 Å². The summed E-state index contributed by atoms with van der Waals surface area (Å²) in [5.41, 5.74) is 2.79. The largest absolute Gasteiger partial charge is 0.493 e. The molecule has 2 unspecified atom stereocenters. The molecule has 1 amide bonds. The van der Waals surface area contributed by atoms with Gasteiger partial charge in [0.15, 0.2) is 0 Å². The summed E-state index contributed by atoms with van der Waals surface area (Å²) in [6.45, 7) is 4.87. The van der Waals surface area contributed by atoms with Gasteiger partial charge in [0.1, 0.15) is 11.4 Å². The van der Waals surface area contributed by atoms with E-state index in [9.17, 15) is 4.79 Å². The van der Waals surface area contributed by atoms with Crippen molar-refractivity contribution in [3.63, 3.8) is 0 Å². The molecule has 2 aliphatic heterocycles. The van der Waals surface area contributed by atoms with Crippen LogP contribution in [0.4, 0.5) is 0 Å². The number of hydrogen-bond donors (Lipinski definition) is 1. The molecule has 2 atom stereocenters. The molecule has 6 nitrogen and oxygen atoms in total. The predicted molar refractivity (Wildman–Crippen MR) is 93.7 cm³/mol. The number of benzene rings is 1. The van der Waals surface area contributed by atoms with E-state index >= 15 is 0 Å². The van der Waals surface area contributed by atoms with Crippen molar-refractivity contribution in [1.29, 1.82) is 0 Å². The van der Waals surface area contributed by atoms with Gasteiger partial charge in [-0.3, -0.25) is 4.79 Å². The lowest BCUT2D eigenvalue weighted by molar-refractivity contribution is 0.0847. The molecule has 1 saturated heterocycles. The average Bonchev–Trinajstić information content (AvgIpc) is 3.25. The van der Waals surface area contributed by atoms with Crippen LogP contribution in [0.25, 0.3) is 11.3 Å². The number of nitrogens with zero attached hydrogens (tertiary/aromatic N) is 2. The summed E-state index contributed by atoms with van der Waals surface area (Å²) in [4.78, 5) is 14.8. The Bertz CT molecular complexity index is 786. The number of carbonyl (C=O) groups excluding carboxylic acids is 1. The Balaban J connectivity index is 1.46. The Labute approximate surface area is 147 Å². The molecule has 1 aromatic carbocycles. The van der Waals surface area contributed by atoms with E-state index in [4.69, 9.17) is 9.26 Å². The van der Waals surface area contributed by atoms with Crippen LogP contribution in [0.15, 0.2) is 28.8 Å². The van der Waals surface area contributed by atoms with E-state index in [0.717, 1.165) is 43.9 Å². The highest BCUT2D eigenvalue weighted by Crippen LogP contribution is 2.30. The van der Waals surface area contributed by atoms with Gasteiger partial charge in [0.2, 0.25) is 5.76 Å². The molecule has 1 fully saturated rings. The fourth-order valence-corrected chi connectivity index (χ4v) is 3.67. The van der Waals surface area contributed by atoms with Gasteiger partial charge >= 0.3 is 0 Å². The molecule has 4 rings (SSSR count). The molecular formula is C19H23N3O3. The minimum Gasteiger partial charge on any atom is -0.493 e. The second kappa shape index (κ2) is 6.52. The van der Waals surface area contributed by atoms with Gasteiger partial charge in [0, 0.05) is 30.6 Å². The number of piperidine rings is 1. The Morgan fingerprint density at radius 2 is 2.24 bits per heavy atom. The second-order valence-corrected chi connectivity index (χ2v) is 7.11. The number of hydrogen-bond acceptors (Lipinski definition) is 5. The number of likely N-dealkylation sites (tertiary alicyclic amines) is 1. The number of nitrogens with one attached hydrogen (secondary N) is 1. The topological polar surface area (TPSA) is 67.6 Å². The molecular weight excluding hydrogens is 318 g/mol. The Morgan fingerprint density at radius 1 is 1.36 bits per heavy atom. The predicted octanol–water partition coefficient (Wildman–Crippen LogP) is 2.35. The van der Waals surface area contributed by atoms with Gasteiger partial charge in [-0.1, -0.05) is 12.1 Å². The van der Waals surface area contributed by atoms with Crippen molar-refractivity contribution < 1.29 is 14.1 Å². The van der Waals surface area contributed by atoms with Crippen LogP contribution in [0.5, 0.6) is 5.75 Å². The minimum atomic E-state index is -0.190. The van der Waals surface area contributed by atoms with Gasteiger partial charge < -0.3 is 19.5 Å². The molecule has 0 bridgehead atoms. The lowest BCUT2D eigenvalue weighted by Crippen LogP contribution is -2.48. The summed E-state index contributed by atoms with van der Waals surface area (Å²) in [6.07, 6.45) is 1.86. The van der Waals surface area contributed by atoms with Crippen molar-refractivity contribution in [3.8, 4) is 17.0 Å². The first-order valence-corrected chi connectivity index (χ1v) is 8.82. The fraction of sp³-hybridized carbons (Fsp3) is 0.474. The molecule has 2 aromatic rings. The van der Waals surface area contributed by atoms with Crippen LogP contribution in [0.3, 0.4) is 0 Å². The molecule has 0 aliphatic carbocycles. The third kappa shape index (κ3) is 3.26. The van der Waals surface area contributed by atoms with Crippen LogP contribution in [-0.4, -0.2) is 48.7 Å². The van der Waals surface area contributed by atoms with E-state index in [0.29, 0.717) is 11.6 Å². The summed E-state index contributed by atoms with van der Waals surface area (Å²) < 4.78 is 10.8. The van der Waals surface area contributed by atoms with Crippen LogP contribution in [0, 0.1) is 5.92 Å². The molecule has 1 aromatic heterocycles. The van der Waals surface area contributed by atoms with Crippen LogP contribution in [-0.2, 0) is 6.42 Å². The highest BCUT2D eigenvalue weighted by Gasteiger charge is 2.27. The summed E-state index contributed by atoms with van der Waals surface area (Å²) in [5, 5.41) is 7.16. The summed E-state index contributed by atoms with van der Waals surface area (Å²) in [7, 11) is 2.11. The second-order valence-electron chi connectivity index (χ2n) is 7.11. The first-order chi connectivity index (χ1) is 12.1. The maximum atomic E-state index is 12.5. The molecule has 1 N–H and O–H groups in total. The normalized spacial score (nSPS) is 23.1. The zero-order valence-corrected chi connectivity index (χ0v) is 14.6. The maximum Gasteiger partial charge on any atom is 0.290 e. The fourth-order valence-electron chi connectivity index (χ4n) is 3.67. The number of amides is 1. The molecule has 2 aliphatic rings. The van der Waals surface area contributed by atoms with E-state index in [1.54, 1.807) is 6.07 Å². The SMILES string of the molecule is CC1CN(C)CCC1NC(=O)c1cc(-c2ccc3c(c2)CCO3)no1. The first kappa shape index (κ1) is 16.1. The summed E-state index contributed by atoms with van der Waals surface area (Å²) >= 11 is 0. The zero-order chi connectivity index (χ0) is 17.4. The average molecular weight is 341 g/mol. The lowest BCUT2D eigenvalue weighted by atomic mass is 9.94. The van der Waals surface area contributed by atoms with Gasteiger partial charge in [0.05, 0.1) is 6.61 Å².